The standard InChI is InChI=1S/C19H17N5O2/c1-2-5-24-11-15(13-8-22-23-9-13)14-7-17(21-10-18(14)24)16-6-12(19(25)26)3-4-20-16/h3-4,6-11H,2,5H2,1H3,(H,22,23)(H,25,26). The average Bonchev–Trinajstić information content (AvgIpc) is 3.30. The number of carboxylic acid groups (broad SMARTS) is 1. The highest BCUT2D eigenvalue weighted by Crippen LogP contribution is 2.32. The molecule has 0 aliphatic heterocycles. The lowest BCUT2D eigenvalue weighted by Crippen LogP contribution is -1.98. The maximum absolute atomic E-state index is 11.2. The molecule has 0 atom stereocenters. The van der Waals surface area contributed by atoms with Gasteiger partial charge >= 0.3 is 5.97 Å². The zero-order chi connectivity index (χ0) is 18.1. The van der Waals surface area contributed by atoms with Gasteiger partial charge in [0.25, 0.3) is 0 Å². The van der Waals surface area contributed by atoms with Gasteiger partial charge < -0.3 is 9.67 Å². The lowest BCUT2D eigenvalue weighted by molar-refractivity contribution is 0.0697. The summed E-state index contributed by atoms with van der Waals surface area (Å²) in [6.45, 7) is 3.02. The third-order valence-electron chi connectivity index (χ3n) is 4.31. The third-order valence-corrected chi connectivity index (χ3v) is 4.31. The maximum Gasteiger partial charge on any atom is 0.335 e. The van der Waals surface area contributed by atoms with Crippen LogP contribution in [0.2, 0.25) is 0 Å². The summed E-state index contributed by atoms with van der Waals surface area (Å²) in [5.41, 5.74) is 4.44. The van der Waals surface area contributed by atoms with Crippen molar-refractivity contribution in [3.05, 3.63) is 54.7 Å². The van der Waals surface area contributed by atoms with Gasteiger partial charge in [-0.2, -0.15) is 5.10 Å². The second kappa shape index (κ2) is 6.44. The number of carboxylic acids is 1. The second-order valence-electron chi connectivity index (χ2n) is 6.04. The Balaban J connectivity index is 1.90. The smallest absolute Gasteiger partial charge is 0.335 e. The Morgan fingerprint density at radius 3 is 2.81 bits per heavy atom. The molecule has 0 aliphatic carbocycles. The molecule has 0 bridgehead atoms. The molecule has 7 heteroatoms. The maximum atomic E-state index is 11.2. The van der Waals surface area contributed by atoms with Crippen LogP contribution in [0.1, 0.15) is 23.7 Å². The quantitative estimate of drug-likeness (QED) is 0.575. The van der Waals surface area contributed by atoms with E-state index in [0.29, 0.717) is 11.4 Å². The molecule has 26 heavy (non-hydrogen) atoms. The topological polar surface area (TPSA) is 96.7 Å². The molecule has 0 amide bonds. The second-order valence-corrected chi connectivity index (χ2v) is 6.04. The van der Waals surface area contributed by atoms with E-state index in [-0.39, 0.29) is 5.56 Å². The predicted octanol–water partition coefficient (Wildman–Crippen LogP) is 3.60. The van der Waals surface area contributed by atoms with Gasteiger partial charge in [-0.3, -0.25) is 15.1 Å². The normalized spacial score (nSPS) is 11.1. The number of aromatic amines is 1. The van der Waals surface area contributed by atoms with Gasteiger partial charge in [-0.25, -0.2) is 4.79 Å². The SMILES string of the molecule is CCCn1cc(-c2cn[nH]c2)c2cc(-c3cc(C(=O)O)ccn3)ncc21. The highest BCUT2D eigenvalue weighted by atomic mass is 16.4. The van der Waals surface area contributed by atoms with Crippen molar-refractivity contribution in [2.45, 2.75) is 19.9 Å². The highest BCUT2D eigenvalue weighted by molar-refractivity contribution is 5.97. The summed E-state index contributed by atoms with van der Waals surface area (Å²) >= 11 is 0. The first kappa shape index (κ1) is 16.0. The van der Waals surface area contributed by atoms with Crippen LogP contribution in [0.5, 0.6) is 0 Å². The molecule has 0 aromatic carbocycles. The first-order valence-electron chi connectivity index (χ1n) is 8.35. The summed E-state index contributed by atoms with van der Waals surface area (Å²) in [5, 5.41) is 17.1. The highest BCUT2D eigenvalue weighted by Gasteiger charge is 2.14. The Hall–Kier alpha value is -3.48. The van der Waals surface area contributed by atoms with Crippen LogP contribution < -0.4 is 0 Å². The van der Waals surface area contributed by atoms with Crippen molar-refractivity contribution < 1.29 is 9.90 Å². The minimum atomic E-state index is -0.983. The van der Waals surface area contributed by atoms with Gasteiger partial charge in [0.1, 0.15) is 0 Å². The fraction of sp³-hybridized carbons (Fsp3) is 0.158. The molecular formula is C19H17N5O2. The molecule has 4 rings (SSSR count). The van der Waals surface area contributed by atoms with E-state index in [1.807, 2.05) is 18.5 Å². The van der Waals surface area contributed by atoms with Crippen LogP contribution in [-0.4, -0.2) is 35.8 Å². The number of aromatic carboxylic acids is 1. The Bertz CT molecular complexity index is 1080. The van der Waals surface area contributed by atoms with Gasteiger partial charge in [0.2, 0.25) is 0 Å². The largest absolute Gasteiger partial charge is 0.478 e. The van der Waals surface area contributed by atoms with Crippen molar-refractivity contribution in [3.63, 3.8) is 0 Å². The lowest BCUT2D eigenvalue weighted by atomic mass is 10.1. The van der Waals surface area contributed by atoms with Crippen molar-refractivity contribution in [1.29, 1.82) is 0 Å². The predicted molar refractivity (Wildman–Crippen MR) is 97.8 cm³/mol. The van der Waals surface area contributed by atoms with Crippen molar-refractivity contribution in [3.8, 4) is 22.5 Å². The number of nitrogens with one attached hydrogen (secondary N) is 1. The first-order valence-corrected chi connectivity index (χ1v) is 8.35. The van der Waals surface area contributed by atoms with Crippen molar-refractivity contribution in [1.82, 2.24) is 24.7 Å². The molecule has 2 N–H and O–H groups in total. The third kappa shape index (κ3) is 2.73. The summed E-state index contributed by atoms with van der Waals surface area (Å²) in [6.07, 6.45) is 10.1. The number of aromatic nitrogens is 5. The van der Waals surface area contributed by atoms with E-state index in [1.54, 1.807) is 6.20 Å². The molecule has 0 radical (unpaired) electrons. The molecule has 4 aromatic rings. The molecule has 0 unspecified atom stereocenters. The number of H-pyrrole nitrogens is 1. The number of aryl methyl sites for hydroxylation is 1. The molecule has 0 fully saturated rings. The van der Waals surface area contributed by atoms with Crippen LogP contribution in [0, 0.1) is 0 Å². The Morgan fingerprint density at radius 1 is 1.23 bits per heavy atom. The van der Waals surface area contributed by atoms with Gasteiger partial charge in [-0.1, -0.05) is 6.92 Å². The zero-order valence-electron chi connectivity index (χ0n) is 14.2. The van der Waals surface area contributed by atoms with E-state index in [4.69, 9.17) is 0 Å². The molecule has 0 aliphatic rings. The summed E-state index contributed by atoms with van der Waals surface area (Å²) in [5.74, 6) is -0.983. The van der Waals surface area contributed by atoms with Gasteiger partial charge in [-0.15, -0.1) is 0 Å². The Kier molecular flexibility index (Phi) is 3.96. The average molecular weight is 347 g/mol. The molecule has 4 aromatic heterocycles. The number of hydrogen-bond donors (Lipinski definition) is 2. The van der Waals surface area contributed by atoms with Crippen LogP contribution in [0.15, 0.2) is 49.2 Å². The molecule has 130 valence electrons. The molecule has 0 saturated carbocycles. The fourth-order valence-corrected chi connectivity index (χ4v) is 3.09. The minimum absolute atomic E-state index is 0.190. The first-order chi connectivity index (χ1) is 12.7. The van der Waals surface area contributed by atoms with Gasteiger partial charge in [0.05, 0.1) is 34.9 Å². The molecule has 0 saturated heterocycles. The van der Waals surface area contributed by atoms with Crippen LogP contribution in [0.25, 0.3) is 33.4 Å². The van der Waals surface area contributed by atoms with Crippen molar-refractivity contribution in [2.24, 2.45) is 0 Å². The monoisotopic (exact) mass is 347 g/mol. The molecule has 7 nitrogen and oxygen atoms in total. The van der Waals surface area contributed by atoms with E-state index < -0.39 is 5.97 Å². The molecule has 4 heterocycles. The summed E-state index contributed by atoms with van der Waals surface area (Å²) < 4.78 is 2.18. The van der Waals surface area contributed by atoms with E-state index in [0.717, 1.165) is 35.0 Å². The number of pyridine rings is 2. The zero-order valence-corrected chi connectivity index (χ0v) is 14.2. The summed E-state index contributed by atoms with van der Waals surface area (Å²) in [6, 6.07) is 4.97. The summed E-state index contributed by atoms with van der Waals surface area (Å²) in [4.78, 5) is 20.0. The van der Waals surface area contributed by atoms with Crippen molar-refractivity contribution >= 4 is 16.9 Å². The van der Waals surface area contributed by atoms with Gasteiger partial charge in [-0.05, 0) is 24.6 Å². The lowest BCUT2D eigenvalue weighted by Gasteiger charge is -2.05. The van der Waals surface area contributed by atoms with E-state index >= 15 is 0 Å². The number of nitrogens with zero attached hydrogens (tertiary/aromatic N) is 4. The molecular weight excluding hydrogens is 330 g/mol. The number of carbonyl (C=O) groups is 1. The number of fused-ring (bicyclic) bond motifs is 1. The van der Waals surface area contributed by atoms with Gasteiger partial charge in [0, 0.05) is 41.6 Å². The van der Waals surface area contributed by atoms with Crippen LogP contribution in [0.4, 0.5) is 0 Å². The fourth-order valence-electron chi connectivity index (χ4n) is 3.09. The Labute approximate surface area is 149 Å². The number of hydrogen-bond acceptors (Lipinski definition) is 4. The van der Waals surface area contributed by atoms with E-state index in [1.165, 1.54) is 18.3 Å². The summed E-state index contributed by atoms with van der Waals surface area (Å²) in [7, 11) is 0. The van der Waals surface area contributed by atoms with Crippen LogP contribution in [0.3, 0.4) is 0 Å². The van der Waals surface area contributed by atoms with Gasteiger partial charge in [0.15, 0.2) is 0 Å². The Morgan fingerprint density at radius 2 is 2.08 bits per heavy atom. The van der Waals surface area contributed by atoms with E-state index in [9.17, 15) is 9.90 Å². The van der Waals surface area contributed by atoms with Crippen LogP contribution >= 0.6 is 0 Å². The molecule has 0 spiro atoms. The van der Waals surface area contributed by atoms with Crippen molar-refractivity contribution in [2.75, 3.05) is 0 Å². The van der Waals surface area contributed by atoms with E-state index in [2.05, 4.69) is 37.9 Å². The minimum Gasteiger partial charge on any atom is -0.478 e. The number of rotatable bonds is 5. The van der Waals surface area contributed by atoms with Crippen LogP contribution in [-0.2, 0) is 6.54 Å².